The smallest absolute Gasteiger partial charge is 0.161 e. The van der Waals surface area contributed by atoms with Crippen LogP contribution in [0.2, 0.25) is 10.0 Å². The molecule has 9 nitrogen and oxygen atoms in total. The van der Waals surface area contributed by atoms with E-state index in [4.69, 9.17) is 27.9 Å². The van der Waals surface area contributed by atoms with Crippen molar-refractivity contribution in [2.45, 2.75) is 37.7 Å². The van der Waals surface area contributed by atoms with Crippen LogP contribution in [0.5, 0.6) is 0 Å². The van der Waals surface area contributed by atoms with Crippen LogP contribution in [0.3, 0.4) is 0 Å². The average Bonchev–Trinajstić information content (AvgIpc) is 3.48. The van der Waals surface area contributed by atoms with Gasteiger partial charge in [-0.1, -0.05) is 40.5 Å². The van der Waals surface area contributed by atoms with E-state index in [-0.39, 0.29) is 11.4 Å². The predicted octanol–water partition coefficient (Wildman–Crippen LogP) is 3.70. The van der Waals surface area contributed by atoms with Crippen molar-refractivity contribution in [1.82, 2.24) is 29.8 Å². The van der Waals surface area contributed by atoms with Crippen molar-refractivity contribution in [3.63, 3.8) is 0 Å². The molecule has 1 saturated heterocycles. The molecule has 2 N–H and O–H groups in total. The fourth-order valence-electron chi connectivity index (χ4n) is 4.20. The molecule has 0 bridgehead atoms. The Morgan fingerprint density at radius 1 is 1.20 bits per heavy atom. The molecule has 182 valence electrons. The molecule has 12 heteroatoms. The third kappa shape index (κ3) is 4.67. The number of benzene rings is 2. The van der Waals surface area contributed by atoms with Gasteiger partial charge in [0.2, 0.25) is 0 Å². The van der Waals surface area contributed by atoms with Gasteiger partial charge in [-0.05, 0) is 37.3 Å². The van der Waals surface area contributed by atoms with Crippen molar-refractivity contribution < 1.29 is 19.3 Å². The Morgan fingerprint density at radius 3 is 2.77 bits per heavy atom. The summed E-state index contributed by atoms with van der Waals surface area (Å²) < 4.78 is 23.1. The van der Waals surface area contributed by atoms with Crippen LogP contribution in [0.15, 0.2) is 48.7 Å². The van der Waals surface area contributed by atoms with Gasteiger partial charge in [0.05, 0.1) is 29.6 Å². The number of aliphatic hydroxyl groups is 2. The van der Waals surface area contributed by atoms with Gasteiger partial charge in [-0.25, -0.2) is 18.7 Å². The van der Waals surface area contributed by atoms with E-state index in [0.717, 1.165) is 0 Å². The Labute approximate surface area is 209 Å². The minimum Gasteiger partial charge on any atom is -0.394 e. The summed E-state index contributed by atoms with van der Waals surface area (Å²) in [5.41, 5.74) is 1.60. The van der Waals surface area contributed by atoms with Gasteiger partial charge in [0.1, 0.15) is 35.6 Å². The highest BCUT2D eigenvalue weighted by molar-refractivity contribution is 6.31. The molecule has 0 amide bonds. The summed E-state index contributed by atoms with van der Waals surface area (Å²) in [7, 11) is 0. The molecule has 5 rings (SSSR count). The first-order valence-electron chi connectivity index (χ1n) is 10.8. The van der Waals surface area contributed by atoms with E-state index in [1.165, 1.54) is 16.8 Å². The standard InChI is InChI=1S/C23H21Cl2FN6O3/c1-12-27-23(32(29-12)15-4-2-3-14(24)8-15)20-9-19(22(34)21(11-33)35-20)31-10-18(28-30-31)13-5-6-16(25)17(26)7-13/h2-8,10,19-22,33-34H,9,11H2,1H3. The second-order valence-corrected chi connectivity index (χ2v) is 9.10. The van der Waals surface area contributed by atoms with Crippen molar-refractivity contribution in [3.8, 4) is 16.9 Å². The second-order valence-electron chi connectivity index (χ2n) is 8.26. The van der Waals surface area contributed by atoms with Crippen molar-refractivity contribution >= 4 is 23.2 Å². The Bertz CT molecular complexity index is 1360. The number of aromatic nitrogens is 6. The summed E-state index contributed by atoms with van der Waals surface area (Å²) in [5, 5.41) is 34.2. The fraction of sp³-hybridized carbons (Fsp3) is 0.304. The lowest BCUT2D eigenvalue weighted by Crippen LogP contribution is -2.45. The summed E-state index contributed by atoms with van der Waals surface area (Å²) >= 11 is 12.0. The van der Waals surface area contributed by atoms with Crippen molar-refractivity contribution in [3.05, 3.63) is 76.2 Å². The van der Waals surface area contributed by atoms with Crippen LogP contribution < -0.4 is 0 Å². The van der Waals surface area contributed by atoms with Crippen molar-refractivity contribution in [2.24, 2.45) is 0 Å². The number of aryl methyl sites for hydroxylation is 1. The molecular weight excluding hydrogens is 498 g/mol. The zero-order chi connectivity index (χ0) is 24.7. The number of aliphatic hydroxyl groups excluding tert-OH is 2. The number of nitrogens with zero attached hydrogens (tertiary/aromatic N) is 6. The minimum atomic E-state index is -1.07. The Hall–Kier alpha value is -2.89. The zero-order valence-corrected chi connectivity index (χ0v) is 20.0. The van der Waals surface area contributed by atoms with E-state index in [1.54, 1.807) is 42.1 Å². The summed E-state index contributed by atoms with van der Waals surface area (Å²) in [6.07, 6.45) is -0.712. The number of halogens is 3. The number of hydrogen-bond acceptors (Lipinski definition) is 7. The molecular formula is C23H21Cl2FN6O3. The summed E-state index contributed by atoms with van der Waals surface area (Å²) in [5.74, 6) is 0.459. The van der Waals surface area contributed by atoms with Crippen LogP contribution in [0.1, 0.15) is 30.2 Å². The van der Waals surface area contributed by atoms with E-state index in [1.807, 2.05) is 6.07 Å². The molecule has 4 atom stereocenters. The van der Waals surface area contributed by atoms with Crippen LogP contribution in [-0.4, -0.2) is 58.8 Å². The fourth-order valence-corrected chi connectivity index (χ4v) is 4.50. The van der Waals surface area contributed by atoms with Gasteiger partial charge < -0.3 is 14.9 Å². The van der Waals surface area contributed by atoms with Crippen LogP contribution in [0.4, 0.5) is 4.39 Å². The Kier molecular flexibility index (Phi) is 6.56. The van der Waals surface area contributed by atoms with Crippen molar-refractivity contribution in [2.75, 3.05) is 6.61 Å². The van der Waals surface area contributed by atoms with Gasteiger partial charge in [0, 0.05) is 17.0 Å². The molecule has 0 saturated carbocycles. The highest BCUT2D eigenvalue weighted by atomic mass is 35.5. The van der Waals surface area contributed by atoms with E-state index < -0.39 is 36.8 Å². The maximum Gasteiger partial charge on any atom is 0.161 e. The molecule has 3 heterocycles. The van der Waals surface area contributed by atoms with Gasteiger partial charge in [0.25, 0.3) is 0 Å². The van der Waals surface area contributed by atoms with Crippen molar-refractivity contribution in [1.29, 1.82) is 0 Å². The number of rotatable bonds is 5. The molecule has 0 radical (unpaired) electrons. The lowest BCUT2D eigenvalue weighted by atomic mass is 9.95. The molecule has 4 unspecified atom stereocenters. The maximum atomic E-state index is 13.9. The molecule has 4 aromatic rings. The lowest BCUT2D eigenvalue weighted by molar-refractivity contribution is -0.161. The van der Waals surface area contributed by atoms with Crippen LogP contribution in [0, 0.1) is 12.7 Å². The number of ether oxygens (including phenoxy) is 1. The number of hydrogen-bond donors (Lipinski definition) is 2. The molecule has 35 heavy (non-hydrogen) atoms. The SMILES string of the molecule is Cc1nc(C2CC(n3cc(-c4ccc(Cl)c(F)c4)nn3)C(O)C(CO)O2)n(-c2cccc(Cl)c2)n1. The van der Waals surface area contributed by atoms with Gasteiger partial charge in [-0.2, -0.15) is 5.10 Å². The normalized spacial score (nSPS) is 22.5. The quantitative estimate of drug-likeness (QED) is 0.414. The molecule has 1 aliphatic heterocycles. The summed E-state index contributed by atoms with van der Waals surface area (Å²) in [6, 6.07) is 10.9. The van der Waals surface area contributed by atoms with Gasteiger partial charge in [-0.3, -0.25) is 0 Å². The molecule has 0 aliphatic carbocycles. The Morgan fingerprint density at radius 2 is 2.03 bits per heavy atom. The first kappa shape index (κ1) is 23.8. The maximum absolute atomic E-state index is 13.9. The predicted molar refractivity (Wildman–Crippen MR) is 126 cm³/mol. The van der Waals surface area contributed by atoms with Crippen LogP contribution in [-0.2, 0) is 4.74 Å². The topological polar surface area (TPSA) is 111 Å². The highest BCUT2D eigenvalue weighted by Crippen LogP contribution is 2.38. The largest absolute Gasteiger partial charge is 0.394 e. The Balaban J connectivity index is 1.49. The highest BCUT2D eigenvalue weighted by Gasteiger charge is 2.41. The van der Waals surface area contributed by atoms with E-state index in [0.29, 0.717) is 33.6 Å². The first-order valence-corrected chi connectivity index (χ1v) is 11.6. The molecule has 0 spiro atoms. The lowest BCUT2D eigenvalue weighted by Gasteiger charge is -2.38. The zero-order valence-electron chi connectivity index (χ0n) is 18.5. The second kappa shape index (κ2) is 9.63. The van der Waals surface area contributed by atoms with Crippen LogP contribution >= 0.6 is 23.2 Å². The van der Waals surface area contributed by atoms with E-state index in [2.05, 4.69) is 20.4 Å². The minimum absolute atomic E-state index is 0.00808. The molecule has 2 aromatic heterocycles. The van der Waals surface area contributed by atoms with Crippen LogP contribution in [0.25, 0.3) is 16.9 Å². The third-order valence-electron chi connectivity index (χ3n) is 5.89. The summed E-state index contributed by atoms with van der Waals surface area (Å²) in [6.45, 7) is 1.35. The third-order valence-corrected chi connectivity index (χ3v) is 6.44. The monoisotopic (exact) mass is 518 g/mol. The molecule has 1 aliphatic rings. The first-order chi connectivity index (χ1) is 16.8. The summed E-state index contributed by atoms with van der Waals surface area (Å²) in [4.78, 5) is 4.55. The van der Waals surface area contributed by atoms with E-state index in [9.17, 15) is 14.6 Å². The van der Waals surface area contributed by atoms with Gasteiger partial charge >= 0.3 is 0 Å². The average molecular weight is 519 g/mol. The molecule has 1 fully saturated rings. The van der Waals surface area contributed by atoms with Gasteiger partial charge in [-0.15, -0.1) is 5.10 Å². The van der Waals surface area contributed by atoms with Gasteiger partial charge in [0.15, 0.2) is 5.82 Å². The van der Waals surface area contributed by atoms with E-state index >= 15 is 0 Å². The molecule has 2 aromatic carbocycles.